The largest absolute Gasteiger partial charge is 0.466 e. The molecule has 6 heteroatoms. The van der Waals surface area contributed by atoms with Crippen molar-refractivity contribution in [1.82, 2.24) is 4.90 Å². The van der Waals surface area contributed by atoms with Gasteiger partial charge in [0.25, 0.3) is 5.91 Å². The summed E-state index contributed by atoms with van der Waals surface area (Å²) in [6.07, 6.45) is 2.40. The van der Waals surface area contributed by atoms with Crippen molar-refractivity contribution in [2.75, 3.05) is 25.0 Å². The lowest BCUT2D eigenvalue weighted by Gasteiger charge is -2.31. The van der Waals surface area contributed by atoms with Crippen LogP contribution in [0.3, 0.4) is 0 Å². The zero-order valence-corrected chi connectivity index (χ0v) is 13.8. The van der Waals surface area contributed by atoms with Crippen molar-refractivity contribution in [1.29, 1.82) is 0 Å². The highest BCUT2D eigenvalue weighted by Crippen LogP contribution is 2.25. The van der Waals surface area contributed by atoms with E-state index in [2.05, 4.69) is 5.32 Å². The topological polar surface area (TPSA) is 75.7 Å². The Labute approximate surface area is 141 Å². The number of nitrogens with zero attached hydrogens (tertiary/aromatic N) is 1. The molecule has 0 aliphatic carbocycles. The summed E-state index contributed by atoms with van der Waals surface area (Å²) >= 11 is 0. The summed E-state index contributed by atoms with van der Waals surface area (Å²) in [5, 5.41) is 2.82. The number of benzene rings is 1. The van der Waals surface area contributed by atoms with Gasteiger partial charge in [0, 0.05) is 30.8 Å². The number of nitrogens with one attached hydrogen (secondary N) is 1. The van der Waals surface area contributed by atoms with Gasteiger partial charge in [-0.2, -0.15) is 0 Å². The SMILES string of the molecule is CCOC(=O)C1CCN(C(=O)c2ccc3c(c2)CCC(=O)N3)CC1. The van der Waals surface area contributed by atoms with Gasteiger partial charge in [0.2, 0.25) is 5.91 Å². The summed E-state index contributed by atoms with van der Waals surface area (Å²) in [5.74, 6) is -0.263. The molecular formula is C18H22N2O4. The van der Waals surface area contributed by atoms with Crippen molar-refractivity contribution in [3.63, 3.8) is 0 Å². The lowest BCUT2D eigenvalue weighted by molar-refractivity contribution is -0.149. The van der Waals surface area contributed by atoms with Crippen LogP contribution in [0.5, 0.6) is 0 Å². The normalized spacial score (nSPS) is 17.9. The molecule has 0 bridgehead atoms. The van der Waals surface area contributed by atoms with Crippen LogP contribution in [0.1, 0.15) is 42.1 Å². The molecule has 1 aromatic rings. The molecule has 1 saturated heterocycles. The van der Waals surface area contributed by atoms with E-state index in [1.807, 2.05) is 6.07 Å². The Morgan fingerprint density at radius 3 is 2.71 bits per heavy atom. The average Bonchev–Trinajstić information content (AvgIpc) is 2.61. The molecule has 1 N–H and O–H groups in total. The summed E-state index contributed by atoms with van der Waals surface area (Å²) in [5.41, 5.74) is 2.44. The minimum atomic E-state index is -0.158. The molecule has 0 unspecified atom stereocenters. The van der Waals surface area contributed by atoms with Crippen LogP contribution >= 0.6 is 0 Å². The second-order valence-corrected chi connectivity index (χ2v) is 6.24. The highest BCUT2D eigenvalue weighted by molar-refractivity contribution is 5.98. The van der Waals surface area contributed by atoms with Crippen molar-refractivity contribution >= 4 is 23.5 Å². The van der Waals surface area contributed by atoms with Crippen LogP contribution < -0.4 is 5.32 Å². The molecule has 2 aliphatic rings. The van der Waals surface area contributed by atoms with Crippen molar-refractivity contribution in [2.24, 2.45) is 5.92 Å². The van der Waals surface area contributed by atoms with E-state index < -0.39 is 0 Å². The third-order valence-corrected chi connectivity index (χ3v) is 4.65. The van der Waals surface area contributed by atoms with E-state index >= 15 is 0 Å². The molecule has 0 saturated carbocycles. The Kier molecular flexibility index (Phi) is 4.83. The van der Waals surface area contributed by atoms with Gasteiger partial charge in [-0.05, 0) is 49.9 Å². The number of piperidine rings is 1. The predicted octanol–water partition coefficient (Wildman–Crippen LogP) is 1.99. The third kappa shape index (κ3) is 3.42. The summed E-state index contributed by atoms with van der Waals surface area (Å²) in [6, 6.07) is 5.42. The number of carbonyl (C=O) groups excluding carboxylic acids is 3. The Balaban J connectivity index is 1.63. The van der Waals surface area contributed by atoms with E-state index in [0.717, 1.165) is 11.3 Å². The molecule has 1 aromatic carbocycles. The first kappa shape index (κ1) is 16.5. The van der Waals surface area contributed by atoms with Gasteiger partial charge in [-0.3, -0.25) is 14.4 Å². The van der Waals surface area contributed by atoms with Gasteiger partial charge < -0.3 is 15.0 Å². The summed E-state index contributed by atoms with van der Waals surface area (Å²) in [4.78, 5) is 37.6. The first-order chi connectivity index (χ1) is 11.6. The minimum Gasteiger partial charge on any atom is -0.466 e. The number of esters is 1. The first-order valence-electron chi connectivity index (χ1n) is 8.47. The van der Waals surface area contributed by atoms with Gasteiger partial charge in [0.05, 0.1) is 12.5 Å². The first-order valence-corrected chi connectivity index (χ1v) is 8.47. The number of ether oxygens (including phenoxy) is 1. The highest BCUT2D eigenvalue weighted by atomic mass is 16.5. The smallest absolute Gasteiger partial charge is 0.309 e. The van der Waals surface area contributed by atoms with E-state index in [1.165, 1.54) is 0 Å². The molecule has 0 spiro atoms. The minimum absolute atomic E-state index is 0.0163. The Morgan fingerprint density at radius 2 is 2.00 bits per heavy atom. The van der Waals surface area contributed by atoms with Gasteiger partial charge >= 0.3 is 5.97 Å². The van der Waals surface area contributed by atoms with E-state index in [9.17, 15) is 14.4 Å². The Hall–Kier alpha value is -2.37. The lowest BCUT2D eigenvalue weighted by atomic mass is 9.95. The second-order valence-electron chi connectivity index (χ2n) is 6.24. The van der Waals surface area contributed by atoms with Gasteiger partial charge in [-0.25, -0.2) is 0 Å². The van der Waals surface area contributed by atoms with Crippen LogP contribution in [0.15, 0.2) is 18.2 Å². The molecule has 128 valence electrons. The maximum absolute atomic E-state index is 12.7. The maximum atomic E-state index is 12.7. The van der Waals surface area contributed by atoms with Crippen LogP contribution in [0.4, 0.5) is 5.69 Å². The number of aryl methyl sites for hydroxylation is 1. The van der Waals surface area contributed by atoms with Crippen molar-refractivity contribution in [3.05, 3.63) is 29.3 Å². The van der Waals surface area contributed by atoms with Crippen molar-refractivity contribution in [3.8, 4) is 0 Å². The van der Waals surface area contributed by atoms with Gasteiger partial charge in [0.1, 0.15) is 0 Å². The highest BCUT2D eigenvalue weighted by Gasteiger charge is 2.29. The number of rotatable bonds is 3. The predicted molar refractivity (Wildman–Crippen MR) is 88.7 cm³/mol. The molecule has 6 nitrogen and oxygen atoms in total. The number of hydrogen-bond acceptors (Lipinski definition) is 4. The molecule has 0 radical (unpaired) electrons. The zero-order valence-electron chi connectivity index (χ0n) is 13.8. The number of fused-ring (bicyclic) bond motifs is 1. The number of carbonyl (C=O) groups is 3. The van der Waals surface area contributed by atoms with Crippen LogP contribution in [-0.2, 0) is 20.7 Å². The molecule has 2 aliphatic heterocycles. The fourth-order valence-electron chi connectivity index (χ4n) is 3.28. The standard InChI is InChI=1S/C18H22N2O4/c1-2-24-18(23)12-7-9-20(10-8-12)17(22)14-3-5-15-13(11-14)4-6-16(21)19-15/h3,5,11-12H,2,4,6-10H2,1H3,(H,19,21). The second kappa shape index (κ2) is 7.03. The number of amides is 2. The van der Waals surface area contributed by atoms with E-state index in [-0.39, 0.29) is 23.7 Å². The monoisotopic (exact) mass is 330 g/mol. The van der Waals surface area contributed by atoms with E-state index in [4.69, 9.17) is 4.74 Å². The molecule has 0 atom stereocenters. The van der Waals surface area contributed by atoms with E-state index in [1.54, 1.807) is 24.0 Å². The van der Waals surface area contributed by atoms with Gasteiger partial charge in [0.15, 0.2) is 0 Å². The van der Waals surface area contributed by atoms with Crippen molar-refractivity contribution in [2.45, 2.75) is 32.6 Å². The van der Waals surface area contributed by atoms with Gasteiger partial charge in [-0.1, -0.05) is 0 Å². The molecule has 2 amide bonds. The summed E-state index contributed by atoms with van der Waals surface area (Å²) < 4.78 is 5.06. The lowest BCUT2D eigenvalue weighted by Crippen LogP contribution is -2.40. The average molecular weight is 330 g/mol. The number of anilines is 1. The van der Waals surface area contributed by atoms with Crippen LogP contribution in [0.2, 0.25) is 0 Å². The third-order valence-electron chi connectivity index (χ3n) is 4.65. The molecule has 2 heterocycles. The Morgan fingerprint density at radius 1 is 1.25 bits per heavy atom. The van der Waals surface area contributed by atoms with Crippen LogP contribution in [0, 0.1) is 5.92 Å². The quantitative estimate of drug-likeness (QED) is 0.860. The molecule has 1 fully saturated rings. The fourth-order valence-corrected chi connectivity index (χ4v) is 3.28. The molecule has 0 aromatic heterocycles. The molecule has 24 heavy (non-hydrogen) atoms. The zero-order chi connectivity index (χ0) is 17.1. The Bertz CT molecular complexity index is 663. The summed E-state index contributed by atoms with van der Waals surface area (Å²) in [6.45, 7) is 3.32. The van der Waals surface area contributed by atoms with Crippen LogP contribution in [-0.4, -0.2) is 42.4 Å². The number of hydrogen-bond donors (Lipinski definition) is 1. The van der Waals surface area contributed by atoms with Gasteiger partial charge in [-0.15, -0.1) is 0 Å². The molecular weight excluding hydrogens is 308 g/mol. The van der Waals surface area contributed by atoms with Crippen molar-refractivity contribution < 1.29 is 19.1 Å². The van der Waals surface area contributed by atoms with E-state index in [0.29, 0.717) is 50.9 Å². The number of likely N-dealkylation sites (tertiary alicyclic amines) is 1. The fraction of sp³-hybridized carbons (Fsp3) is 0.500. The van der Waals surface area contributed by atoms with Crippen LogP contribution in [0.25, 0.3) is 0 Å². The summed E-state index contributed by atoms with van der Waals surface area (Å²) in [7, 11) is 0. The maximum Gasteiger partial charge on any atom is 0.309 e. The molecule has 3 rings (SSSR count).